The number of nitriles is 1. The normalized spacial score (nSPS) is 11.1. The minimum absolute atomic E-state index is 0.333. The Hall–Kier alpha value is -2.40. The molecule has 94 valence electrons. The van der Waals surface area contributed by atoms with Crippen LogP contribution in [0.4, 0.5) is 4.39 Å². The van der Waals surface area contributed by atoms with E-state index in [0.717, 1.165) is 12.0 Å². The molecule has 0 saturated carbocycles. The molecule has 0 heterocycles. The largest absolute Gasteiger partial charge is 0.207 e. The molecule has 19 heavy (non-hydrogen) atoms. The first kappa shape index (κ1) is 13.0. The fourth-order valence-electron chi connectivity index (χ4n) is 1.85. The molecule has 2 rings (SSSR count). The van der Waals surface area contributed by atoms with Crippen LogP contribution in [0, 0.1) is 17.1 Å². The zero-order chi connectivity index (χ0) is 13.7. The van der Waals surface area contributed by atoms with E-state index < -0.39 is 0 Å². The van der Waals surface area contributed by atoms with E-state index in [1.165, 1.54) is 17.7 Å². The summed E-state index contributed by atoms with van der Waals surface area (Å²) in [6.07, 6.45) is 2.76. The second-order valence-electron chi connectivity index (χ2n) is 4.28. The van der Waals surface area contributed by atoms with E-state index in [1.807, 2.05) is 24.3 Å². The fourth-order valence-corrected chi connectivity index (χ4v) is 1.85. The van der Waals surface area contributed by atoms with E-state index >= 15 is 0 Å². The summed E-state index contributed by atoms with van der Waals surface area (Å²) >= 11 is 0. The Bertz CT molecular complexity index is 633. The van der Waals surface area contributed by atoms with E-state index in [9.17, 15) is 9.65 Å². The summed E-state index contributed by atoms with van der Waals surface area (Å²) < 4.78 is 13.2. The lowest BCUT2D eigenvalue weighted by atomic mass is 10.0. The third kappa shape index (κ3) is 3.29. The first-order valence-electron chi connectivity index (χ1n) is 6.19. The molecule has 0 aromatic heterocycles. The van der Waals surface area contributed by atoms with Gasteiger partial charge in [-0.05, 0) is 41.3 Å². The average Bonchev–Trinajstić information content (AvgIpc) is 2.45. The predicted molar refractivity (Wildman–Crippen MR) is 75.7 cm³/mol. The molecule has 0 aliphatic rings. The Morgan fingerprint density at radius 3 is 2.53 bits per heavy atom. The van der Waals surface area contributed by atoms with Crippen LogP contribution in [0.1, 0.15) is 23.6 Å². The molecule has 2 aromatic carbocycles. The lowest BCUT2D eigenvalue weighted by Crippen LogP contribution is -1.85. The van der Waals surface area contributed by atoms with Crippen molar-refractivity contribution >= 4 is 11.6 Å². The molecule has 2 aromatic rings. The number of halogens is 1. The molecule has 0 amide bonds. The van der Waals surface area contributed by atoms with Gasteiger partial charge in [-0.1, -0.05) is 43.3 Å². The molecule has 0 aliphatic carbocycles. The van der Waals surface area contributed by atoms with Gasteiger partial charge in [-0.25, -0.2) is 4.39 Å². The molecule has 0 aliphatic heterocycles. The van der Waals surface area contributed by atoms with Crippen LogP contribution in [-0.2, 0) is 6.42 Å². The van der Waals surface area contributed by atoms with Crippen LogP contribution in [0.15, 0.2) is 48.5 Å². The Morgan fingerprint density at radius 1 is 1.21 bits per heavy atom. The maximum absolute atomic E-state index is 13.2. The van der Waals surface area contributed by atoms with Gasteiger partial charge in [-0.2, -0.15) is 5.26 Å². The van der Waals surface area contributed by atoms with E-state index in [1.54, 1.807) is 18.2 Å². The lowest BCUT2D eigenvalue weighted by molar-refractivity contribution is 0.627. The zero-order valence-corrected chi connectivity index (χ0v) is 10.7. The number of rotatable bonds is 3. The molecular formula is C17H14FN. The topological polar surface area (TPSA) is 23.8 Å². The first-order chi connectivity index (χ1) is 9.22. The molecule has 0 atom stereocenters. The summed E-state index contributed by atoms with van der Waals surface area (Å²) in [5, 5.41) is 9.19. The van der Waals surface area contributed by atoms with Crippen LogP contribution in [0.5, 0.6) is 0 Å². The summed E-state index contributed by atoms with van der Waals surface area (Å²) in [4.78, 5) is 0. The quantitative estimate of drug-likeness (QED) is 0.584. The Morgan fingerprint density at radius 2 is 1.95 bits per heavy atom. The van der Waals surface area contributed by atoms with Gasteiger partial charge in [0.05, 0.1) is 11.6 Å². The van der Waals surface area contributed by atoms with Crippen molar-refractivity contribution in [3.63, 3.8) is 0 Å². The van der Waals surface area contributed by atoms with Crippen LogP contribution in [0.2, 0.25) is 0 Å². The fraction of sp³-hybridized carbons (Fsp3) is 0.118. The van der Waals surface area contributed by atoms with Gasteiger partial charge in [-0.3, -0.25) is 0 Å². The van der Waals surface area contributed by atoms with Gasteiger partial charge in [0.1, 0.15) is 5.82 Å². The van der Waals surface area contributed by atoms with Crippen molar-refractivity contribution in [1.82, 2.24) is 0 Å². The molecule has 0 bridgehead atoms. The Labute approximate surface area is 112 Å². The number of benzene rings is 2. The molecule has 1 nitrogen and oxygen atoms in total. The van der Waals surface area contributed by atoms with Crippen LogP contribution in [0.3, 0.4) is 0 Å². The first-order valence-corrected chi connectivity index (χ1v) is 6.19. The van der Waals surface area contributed by atoms with Gasteiger partial charge in [0.25, 0.3) is 0 Å². The predicted octanol–water partition coefficient (Wildman–Crippen LogP) is 4.45. The highest BCUT2D eigenvalue weighted by Crippen LogP contribution is 2.18. The van der Waals surface area contributed by atoms with Crippen molar-refractivity contribution in [3.05, 3.63) is 71.0 Å². The average molecular weight is 251 g/mol. The third-order valence-electron chi connectivity index (χ3n) is 2.96. The molecule has 0 unspecified atom stereocenters. The van der Waals surface area contributed by atoms with Crippen molar-refractivity contribution in [2.24, 2.45) is 0 Å². The number of aryl methyl sites for hydroxylation is 1. The van der Waals surface area contributed by atoms with Crippen LogP contribution in [-0.4, -0.2) is 0 Å². The van der Waals surface area contributed by atoms with E-state index in [-0.39, 0.29) is 5.82 Å². The van der Waals surface area contributed by atoms with E-state index in [2.05, 4.69) is 13.0 Å². The smallest absolute Gasteiger partial charge is 0.123 e. The summed E-state index contributed by atoms with van der Waals surface area (Å²) in [6, 6.07) is 16.2. The van der Waals surface area contributed by atoms with Crippen LogP contribution >= 0.6 is 0 Å². The number of hydrogen-bond acceptors (Lipinski definition) is 1. The maximum atomic E-state index is 13.2. The van der Waals surface area contributed by atoms with Gasteiger partial charge >= 0.3 is 0 Å². The van der Waals surface area contributed by atoms with Gasteiger partial charge in [0.15, 0.2) is 0 Å². The SMILES string of the molecule is CCc1ccc(/C=C(/C#N)c2cccc(F)c2)cc1. The van der Waals surface area contributed by atoms with Crippen molar-refractivity contribution in [3.8, 4) is 6.07 Å². The van der Waals surface area contributed by atoms with Crippen LogP contribution in [0.25, 0.3) is 11.6 Å². The highest BCUT2D eigenvalue weighted by Gasteiger charge is 2.02. The van der Waals surface area contributed by atoms with Crippen molar-refractivity contribution in [1.29, 1.82) is 5.26 Å². The highest BCUT2D eigenvalue weighted by molar-refractivity contribution is 5.89. The minimum atomic E-state index is -0.333. The second kappa shape index (κ2) is 5.97. The third-order valence-corrected chi connectivity index (χ3v) is 2.96. The van der Waals surface area contributed by atoms with Gasteiger partial charge in [0, 0.05) is 0 Å². The Kier molecular flexibility index (Phi) is 4.10. The van der Waals surface area contributed by atoms with Crippen molar-refractivity contribution in [2.75, 3.05) is 0 Å². The summed E-state index contributed by atoms with van der Waals surface area (Å²) in [6.45, 7) is 2.10. The van der Waals surface area contributed by atoms with E-state index in [4.69, 9.17) is 0 Å². The number of nitrogens with zero attached hydrogens (tertiary/aromatic N) is 1. The molecule has 0 saturated heterocycles. The zero-order valence-electron chi connectivity index (χ0n) is 10.7. The maximum Gasteiger partial charge on any atom is 0.123 e. The molecule has 0 fully saturated rings. The standard InChI is InChI=1S/C17H14FN/c1-2-13-6-8-14(9-7-13)10-16(12-19)15-4-3-5-17(18)11-15/h3-11H,2H2,1H3/b16-10-. The van der Waals surface area contributed by atoms with Crippen LogP contribution < -0.4 is 0 Å². The van der Waals surface area contributed by atoms with Gasteiger partial charge in [0.2, 0.25) is 0 Å². The highest BCUT2D eigenvalue weighted by atomic mass is 19.1. The molecule has 0 N–H and O–H groups in total. The van der Waals surface area contributed by atoms with E-state index in [0.29, 0.717) is 11.1 Å². The van der Waals surface area contributed by atoms with Crippen molar-refractivity contribution < 1.29 is 4.39 Å². The lowest BCUT2D eigenvalue weighted by Gasteiger charge is -2.01. The van der Waals surface area contributed by atoms with Gasteiger partial charge in [-0.15, -0.1) is 0 Å². The monoisotopic (exact) mass is 251 g/mol. The molecule has 2 heteroatoms. The molecular weight excluding hydrogens is 237 g/mol. The molecule has 0 radical (unpaired) electrons. The van der Waals surface area contributed by atoms with Gasteiger partial charge < -0.3 is 0 Å². The summed E-state index contributed by atoms with van der Waals surface area (Å²) in [5.41, 5.74) is 3.25. The van der Waals surface area contributed by atoms with Crippen molar-refractivity contribution in [2.45, 2.75) is 13.3 Å². The number of allylic oxidation sites excluding steroid dienone is 1. The number of hydrogen-bond donors (Lipinski definition) is 0. The minimum Gasteiger partial charge on any atom is -0.207 e. The summed E-state index contributed by atoms with van der Waals surface area (Å²) in [5.74, 6) is -0.333. The second-order valence-corrected chi connectivity index (χ2v) is 4.28. The summed E-state index contributed by atoms with van der Waals surface area (Å²) in [7, 11) is 0. The Balaban J connectivity index is 2.36. The molecule has 0 spiro atoms.